The van der Waals surface area contributed by atoms with Crippen molar-refractivity contribution in [2.24, 2.45) is 0 Å². The van der Waals surface area contributed by atoms with Gasteiger partial charge in [-0.3, -0.25) is 4.31 Å². The lowest BCUT2D eigenvalue weighted by Crippen LogP contribution is -2.26. The molecule has 3 rings (SSSR count). The van der Waals surface area contributed by atoms with Crippen LogP contribution in [0.1, 0.15) is 15.9 Å². The van der Waals surface area contributed by atoms with Crippen molar-refractivity contribution in [2.75, 3.05) is 11.4 Å². The molecule has 138 valence electrons. The van der Waals surface area contributed by atoms with Crippen LogP contribution < -0.4 is 9.04 Å². The molecule has 0 N–H and O–H groups in total. The minimum absolute atomic E-state index is 0.0979. The number of hydrogen-bond donors (Lipinski definition) is 0. The lowest BCUT2D eigenvalue weighted by Gasteiger charge is -2.19. The molecule has 0 aliphatic heterocycles. The first-order valence-electron chi connectivity index (χ1n) is 8.31. The van der Waals surface area contributed by atoms with E-state index >= 15 is 0 Å². The summed E-state index contributed by atoms with van der Waals surface area (Å²) in [5, 5.41) is 0. The molecule has 0 radical (unpaired) electrons. The molecule has 3 aromatic rings. The predicted octanol–water partition coefficient (Wildman–Crippen LogP) is 4.04. The summed E-state index contributed by atoms with van der Waals surface area (Å²) in [7, 11) is -2.23. The highest BCUT2D eigenvalue weighted by atomic mass is 32.2. The number of hydrogen-bond acceptors (Lipinski definition) is 4. The van der Waals surface area contributed by atoms with Crippen molar-refractivity contribution in [3.63, 3.8) is 0 Å². The van der Waals surface area contributed by atoms with Gasteiger partial charge in [-0.1, -0.05) is 35.9 Å². The number of sulfonamides is 1. The smallest absolute Gasteiger partial charge is 0.343 e. The van der Waals surface area contributed by atoms with Crippen molar-refractivity contribution in [2.45, 2.75) is 11.8 Å². The van der Waals surface area contributed by atoms with Gasteiger partial charge in [0.1, 0.15) is 5.75 Å². The van der Waals surface area contributed by atoms with Gasteiger partial charge in [0.05, 0.1) is 16.1 Å². The number of anilines is 1. The Hall–Kier alpha value is -3.12. The minimum Gasteiger partial charge on any atom is -0.423 e. The fraction of sp³-hybridized carbons (Fsp3) is 0.0952. The zero-order valence-corrected chi connectivity index (χ0v) is 15.8. The summed E-state index contributed by atoms with van der Waals surface area (Å²) in [6, 6.07) is 21.6. The number of nitrogens with zero attached hydrogens (tertiary/aromatic N) is 1. The van der Waals surface area contributed by atoms with Crippen molar-refractivity contribution in [1.29, 1.82) is 0 Å². The number of esters is 1. The maximum absolute atomic E-state index is 12.7. The van der Waals surface area contributed by atoms with E-state index in [9.17, 15) is 13.2 Å². The Labute approximate surface area is 158 Å². The Morgan fingerprint density at radius 1 is 0.852 bits per heavy atom. The second kappa shape index (κ2) is 7.63. The highest BCUT2D eigenvalue weighted by Crippen LogP contribution is 2.22. The van der Waals surface area contributed by atoms with Crippen LogP contribution in [0.3, 0.4) is 0 Å². The summed E-state index contributed by atoms with van der Waals surface area (Å²) >= 11 is 0. The van der Waals surface area contributed by atoms with Gasteiger partial charge < -0.3 is 4.74 Å². The molecule has 0 aromatic heterocycles. The summed E-state index contributed by atoms with van der Waals surface area (Å²) in [5.41, 5.74) is 1.89. The quantitative estimate of drug-likeness (QED) is 0.494. The third-order valence-corrected chi connectivity index (χ3v) is 5.90. The number of carbonyl (C=O) groups excluding carboxylic acids is 1. The van der Waals surface area contributed by atoms with E-state index in [4.69, 9.17) is 4.74 Å². The molecule has 0 spiro atoms. The lowest BCUT2D eigenvalue weighted by molar-refractivity contribution is 0.0734. The van der Waals surface area contributed by atoms with Gasteiger partial charge in [0, 0.05) is 7.05 Å². The second-order valence-electron chi connectivity index (χ2n) is 6.04. The standard InChI is InChI=1S/C21H19NO4S/c1-16-8-12-19(13-9-16)26-21(23)17-10-14-20(15-11-17)27(24,25)22(2)18-6-4-3-5-7-18/h3-15H,1-2H3. The lowest BCUT2D eigenvalue weighted by atomic mass is 10.2. The van der Waals surface area contributed by atoms with E-state index < -0.39 is 16.0 Å². The third kappa shape index (κ3) is 4.17. The van der Waals surface area contributed by atoms with Gasteiger partial charge in [-0.25, -0.2) is 13.2 Å². The largest absolute Gasteiger partial charge is 0.423 e. The van der Waals surface area contributed by atoms with Crippen LogP contribution in [0.4, 0.5) is 5.69 Å². The summed E-state index contributed by atoms with van der Waals surface area (Å²) in [6.45, 7) is 1.94. The zero-order valence-electron chi connectivity index (χ0n) is 15.0. The van der Waals surface area contributed by atoms with Crippen molar-refractivity contribution in [3.8, 4) is 5.75 Å². The predicted molar refractivity (Wildman–Crippen MR) is 105 cm³/mol. The molecule has 3 aromatic carbocycles. The molecule has 0 unspecified atom stereocenters. The number of rotatable bonds is 5. The molecule has 0 aliphatic carbocycles. The maximum atomic E-state index is 12.7. The van der Waals surface area contributed by atoms with Crippen molar-refractivity contribution < 1.29 is 17.9 Å². The molecular formula is C21H19NO4S. The van der Waals surface area contributed by atoms with Gasteiger partial charge >= 0.3 is 5.97 Å². The van der Waals surface area contributed by atoms with Crippen LogP contribution in [0, 0.1) is 6.92 Å². The fourth-order valence-electron chi connectivity index (χ4n) is 2.47. The summed E-state index contributed by atoms with van der Waals surface area (Å²) in [4.78, 5) is 12.3. The first-order chi connectivity index (χ1) is 12.9. The third-order valence-electron chi connectivity index (χ3n) is 4.10. The summed E-state index contributed by atoms with van der Waals surface area (Å²) in [5.74, 6) is -0.106. The Bertz CT molecular complexity index is 1030. The van der Waals surface area contributed by atoms with Crippen molar-refractivity contribution in [1.82, 2.24) is 0 Å². The average Bonchev–Trinajstić information content (AvgIpc) is 2.70. The zero-order chi connectivity index (χ0) is 19.4. The van der Waals surface area contributed by atoms with Crippen molar-refractivity contribution >= 4 is 21.7 Å². The molecule has 0 amide bonds. The molecule has 0 fully saturated rings. The molecule has 0 atom stereocenters. The molecule has 0 heterocycles. The number of benzene rings is 3. The van der Waals surface area contributed by atoms with Crippen LogP contribution >= 0.6 is 0 Å². The first kappa shape index (κ1) is 18.7. The topological polar surface area (TPSA) is 63.7 Å². The number of para-hydroxylation sites is 1. The minimum atomic E-state index is -3.72. The van der Waals surface area contributed by atoms with Crippen LogP contribution in [-0.2, 0) is 10.0 Å². The molecule has 0 aliphatic rings. The summed E-state index contributed by atoms with van der Waals surface area (Å²) in [6.07, 6.45) is 0. The Morgan fingerprint density at radius 3 is 2.04 bits per heavy atom. The first-order valence-corrected chi connectivity index (χ1v) is 9.75. The van der Waals surface area contributed by atoms with Crippen LogP contribution in [-0.4, -0.2) is 21.4 Å². The van der Waals surface area contributed by atoms with Crippen LogP contribution in [0.25, 0.3) is 0 Å². The second-order valence-corrected chi connectivity index (χ2v) is 8.00. The number of ether oxygens (including phenoxy) is 1. The molecule has 0 bridgehead atoms. The highest BCUT2D eigenvalue weighted by molar-refractivity contribution is 7.92. The molecular weight excluding hydrogens is 362 g/mol. The Morgan fingerprint density at radius 2 is 1.44 bits per heavy atom. The highest BCUT2D eigenvalue weighted by Gasteiger charge is 2.21. The molecule has 0 saturated heterocycles. The molecule has 5 nitrogen and oxygen atoms in total. The average molecular weight is 381 g/mol. The summed E-state index contributed by atoms with van der Waals surface area (Å²) < 4.78 is 32.0. The SMILES string of the molecule is Cc1ccc(OC(=O)c2ccc(S(=O)(=O)N(C)c3ccccc3)cc2)cc1. The maximum Gasteiger partial charge on any atom is 0.343 e. The monoisotopic (exact) mass is 381 g/mol. The number of carbonyl (C=O) groups is 1. The van der Waals surface area contributed by atoms with Gasteiger partial charge in [-0.05, 0) is 55.5 Å². The molecule has 0 saturated carbocycles. The van der Waals surface area contributed by atoms with Crippen LogP contribution in [0.5, 0.6) is 5.75 Å². The normalized spacial score (nSPS) is 11.0. The van der Waals surface area contributed by atoms with E-state index in [0.717, 1.165) is 5.56 Å². The Balaban J connectivity index is 1.78. The van der Waals surface area contributed by atoms with E-state index in [2.05, 4.69) is 0 Å². The van der Waals surface area contributed by atoms with Gasteiger partial charge in [0.15, 0.2) is 0 Å². The van der Waals surface area contributed by atoms with Crippen LogP contribution in [0.15, 0.2) is 83.8 Å². The number of aryl methyl sites for hydroxylation is 1. The van der Waals surface area contributed by atoms with E-state index in [-0.39, 0.29) is 10.5 Å². The van der Waals surface area contributed by atoms with E-state index in [0.29, 0.717) is 11.4 Å². The van der Waals surface area contributed by atoms with E-state index in [1.54, 1.807) is 36.4 Å². The molecule has 6 heteroatoms. The van der Waals surface area contributed by atoms with Gasteiger partial charge in [0.2, 0.25) is 0 Å². The fourth-order valence-corrected chi connectivity index (χ4v) is 3.67. The van der Waals surface area contributed by atoms with Crippen LogP contribution in [0.2, 0.25) is 0 Å². The van der Waals surface area contributed by atoms with E-state index in [1.165, 1.54) is 35.6 Å². The van der Waals surface area contributed by atoms with Gasteiger partial charge in [-0.15, -0.1) is 0 Å². The van der Waals surface area contributed by atoms with Crippen molar-refractivity contribution in [3.05, 3.63) is 90.0 Å². The van der Waals surface area contributed by atoms with Gasteiger partial charge in [0.25, 0.3) is 10.0 Å². The Kier molecular flexibility index (Phi) is 5.28. The van der Waals surface area contributed by atoms with E-state index in [1.807, 2.05) is 25.1 Å². The molecule has 27 heavy (non-hydrogen) atoms. The van der Waals surface area contributed by atoms with Gasteiger partial charge in [-0.2, -0.15) is 0 Å².